The van der Waals surface area contributed by atoms with Crippen molar-refractivity contribution in [3.8, 4) is 5.75 Å². The maximum absolute atomic E-state index is 12.8. The second kappa shape index (κ2) is 9.49. The molecule has 2 N–H and O–H groups in total. The predicted molar refractivity (Wildman–Crippen MR) is 133 cm³/mol. The predicted octanol–water partition coefficient (Wildman–Crippen LogP) is 4.49. The maximum atomic E-state index is 12.8. The zero-order valence-electron chi connectivity index (χ0n) is 19.8. The third-order valence-electron chi connectivity index (χ3n) is 8.42. The van der Waals surface area contributed by atoms with E-state index in [-0.39, 0.29) is 16.4 Å². The fraction of sp³-hybridized carbons (Fsp3) is 0.692. The fourth-order valence-electron chi connectivity index (χ4n) is 6.53. The van der Waals surface area contributed by atoms with Crippen LogP contribution in [0.4, 0.5) is 0 Å². The van der Waals surface area contributed by atoms with E-state index in [0.717, 1.165) is 61.9 Å². The van der Waals surface area contributed by atoms with Crippen LogP contribution in [0.2, 0.25) is 0 Å². The highest BCUT2D eigenvalue weighted by atomic mass is 32.2. The van der Waals surface area contributed by atoms with E-state index in [1.165, 1.54) is 19.3 Å². The molecule has 5 atom stereocenters. The van der Waals surface area contributed by atoms with Gasteiger partial charge >= 0.3 is 0 Å². The number of thioether (sulfide) groups is 1. The number of rotatable bonds is 4. The topological polar surface area (TPSA) is 74.2 Å². The lowest BCUT2D eigenvalue weighted by molar-refractivity contribution is 0.0661. The smallest absolute Gasteiger partial charge is 0.253 e. The Labute approximate surface area is 201 Å². The largest absolute Gasteiger partial charge is 0.508 e. The van der Waals surface area contributed by atoms with Gasteiger partial charge in [-0.05, 0) is 93.4 Å². The van der Waals surface area contributed by atoms with Crippen LogP contribution >= 0.6 is 11.8 Å². The number of amides is 1. The first-order valence-corrected chi connectivity index (χ1v) is 13.4. The summed E-state index contributed by atoms with van der Waals surface area (Å²) in [6.45, 7) is 7.57. The molecule has 0 spiro atoms. The molecule has 4 fully saturated rings. The summed E-state index contributed by atoms with van der Waals surface area (Å²) in [6, 6.07) is 7.04. The van der Waals surface area contributed by atoms with E-state index in [4.69, 9.17) is 9.73 Å². The molecule has 2 heterocycles. The van der Waals surface area contributed by atoms with Crippen molar-refractivity contribution < 1.29 is 14.6 Å². The van der Waals surface area contributed by atoms with E-state index in [9.17, 15) is 9.90 Å². The standard InChI is InChI=1S/C26H37N3O3S/c1-17-20-5-8-22(17)23(13-20)28-25-27-16-32-15-26(2,33-25)14-18-9-11-29(12-10-18)24(31)19-3-6-21(30)7-4-19/h3-4,6-7,17-18,20,22-23,30H,5,8-16H2,1-2H3,(H,27,28)/t17-,20?,22?,23+,26?/m1/s1. The van der Waals surface area contributed by atoms with Crippen molar-refractivity contribution in [3.05, 3.63) is 29.8 Å². The number of fused-ring (bicyclic) bond motifs is 2. The first-order valence-electron chi connectivity index (χ1n) is 12.6. The second-order valence-electron chi connectivity index (χ2n) is 10.8. The number of aromatic hydroxyl groups is 1. The van der Waals surface area contributed by atoms with Gasteiger partial charge < -0.3 is 20.1 Å². The molecule has 4 aliphatic rings. The number of amidine groups is 1. The van der Waals surface area contributed by atoms with Crippen LogP contribution in [0, 0.1) is 23.7 Å². The Bertz CT molecular complexity index is 883. The summed E-state index contributed by atoms with van der Waals surface area (Å²) in [6.07, 6.45) is 7.10. The number of hydrogen-bond donors (Lipinski definition) is 2. The summed E-state index contributed by atoms with van der Waals surface area (Å²) < 4.78 is 5.96. The molecule has 2 saturated heterocycles. The van der Waals surface area contributed by atoms with Crippen molar-refractivity contribution in [1.82, 2.24) is 10.2 Å². The van der Waals surface area contributed by atoms with Gasteiger partial charge in [0.15, 0.2) is 5.17 Å². The maximum Gasteiger partial charge on any atom is 0.253 e. The van der Waals surface area contributed by atoms with Gasteiger partial charge in [0.1, 0.15) is 12.5 Å². The zero-order chi connectivity index (χ0) is 23.0. The molecule has 7 heteroatoms. The lowest BCUT2D eigenvalue weighted by atomic mass is 9.87. The highest BCUT2D eigenvalue weighted by Gasteiger charge is 2.46. The number of phenols is 1. The van der Waals surface area contributed by atoms with Crippen LogP contribution in [-0.2, 0) is 4.74 Å². The Hall–Kier alpha value is -1.73. The molecule has 0 aromatic heterocycles. The average Bonchev–Trinajstić information content (AvgIpc) is 3.23. The molecule has 2 saturated carbocycles. The number of aliphatic imine (C=N–C) groups is 1. The van der Waals surface area contributed by atoms with E-state index >= 15 is 0 Å². The van der Waals surface area contributed by atoms with Gasteiger partial charge in [0.2, 0.25) is 0 Å². The minimum Gasteiger partial charge on any atom is -0.508 e. The number of piperidine rings is 1. The van der Waals surface area contributed by atoms with Crippen molar-refractivity contribution in [1.29, 1.82) is 0 Å². The van der Waals surface area contributed by atoms with E-state index < -0.39 is 0 Å². The van der Waals surface area contributed by atoms with Crippen LogP contribution in [0.25, 0.3) is 0 Å². The van der Waals surface area contributed by atoms with Crippen molar-refractivity contribution >= 4 is 22.8 Å². The van der Waals surface area contributed by atoms with Crippen LogP contribution in [-0.4, -0.2) is 58.3 Å². The monoisotopic (exact) mass is 471 g/mol. The minimum absolute atomic E-state index is 0.000624. The first kappa shape index (κ1) is 23.0. The normalized spacial score (nSPS) is 36.1. The average molecular weight is 472 g/mol. The summed E-state index contributed by atoms with van der Waals surface area (Å²) in [4.78, 5) is 20.0. The minimum atomic E-state index is -0.000624. The van der Waals surface area contributed by atoms with Gasteiger partial charge in [-0.1, -0.05) is 18.7 Å². The number of ether oxygens (including phenoxy) is 1. The lowest BCUT2D eigenvalue weighted by Gasteiger charge is -2.36. The summed E-state index contributed by atoms with van der Waals surface area (Å²) >= 11 is 1.88. The molecule has 2 aliphatic carbocycles. The molecular weight excluding hydrogens is 434 g/mol. The third-order valence-corrected chi connectivity index (χ3v) is 9.64. The number of nitrogens with one attached hydrogen (secondary N) is 1. The van der Waals surface area contributed by atoms with Gasteiger partial charge in [-0.15, -0.1) is 0 Å². The van der Waals surface area contributed by atoms with Crippen molar-refractivity contribution in [2.24, 2.45) is 28.7 Å². The second-order valence-corrected chi connectivity index (χ2v) is 12.4. The number of benzene rings is 1. The zero-order valence-corrected chi connectivity index (χ0v) is 20.7. The van der Waals surface area contributed by atoms with Gasteiger partial charge in [-0.2, -0.15) is 0 Å². The summed E-state index contributed by atoms with van der Waals surface area (Å²) in [5.74, 6) is 3.29. The molecule has 3 unspecified atom stereocenters. The number of phenolic OH excluding ortho intramolecular Hbond substituents is 1. The Morgan fingerprint density at radius 3 is 2.67 bits per heavy atom. The van der Waals surface area contributed by atoms with Crippen LogP contribution in [0.15, 0.2) is 29.3 Å². The highest BCUT2D eigenvalue weighted by molar-refractivity contribution is 8.15. The van der Waals surface area contributed by atoms with E-state index in [0.29, 0.717) is 24.3 Å². The third kappa shape index (κ3) is 5.04. The fourth-order valence-corrected chi connectivity index (χ4v) is 7.78. The number of carbonyl (C=O) groups excluding carboxylic acids is 1. The SMILES string of the molecule is C[C@@H]1C2CCC1[C@@H](N=C1NCOCC(C)(CC3CCN(C(=O)c4ccc(O)cc4)CC3)S1)C2. The van der Waals surface area contributed by atoms with Gasteiger partial charge in [0, 0.05) is 23.4 Å². The molecular formula is C26H37N3O3S. The summed E-state index contributed by atoms with van der Waals surface area (Å²) in [5.41, 5.74) is 0.646. The molecule has 2 aliphatic heterocycles. The number of carbonyl (C=O) groups is 1. The Morgan fingerprint density at radius 2 is 2.00 bits per heavy atom. The molecule has 6 nitrogen and oxygen atoms in total. The number of hydrogen-bond acceptors (Lipinski definition) is 5. The molecule has 1 aromatic carbocycles. The first-order chi connectivity index (χ1) is 15.9. The Morgan fingerprint density at radius 1 is 1.24 bits per heavy atom. The van der Waals surface area contributed by atoms with Gasteiger partial charge in [-0.3, -0.25) is 9.79 Å². The van der Waals surface area contributed by atoms with E-state index in [1.54, 1.807) is 24.3 Å². The Kier molecular flexibility index (Phi) is 6.62. The van der Waals surface area contributed by atoms with Gasteiger partial charge in [-0.25, -0.2) is 0 Å². The van der Waals surface area contributed by atoms with Gasteiger partial charge in [0.05, 0.1) is 12.6 Å². The quantitative estimate of drug-likeness (QED) is 0.677. The van der Waals surface area contributed by atoms with Crippen LogP contribution in [0.1, 0.15) is 62.7 Å². The summed E-state index contributed by atoms with van der Waals surface area (Å²) in [5, 5.41) is 14.0. The van der Waals surface area contributed by atoms with Crippen LogP contribution < -0.4 is 5.32 Å². The Balaban J connectivity index is 1.17. The molecule has 1 aromatic rings. The highest BCUT2D eigenvalue weighted by Crippen LogP contribution is 2.50. The van der Waals surface area contributed by atoms with Crippen LogP contribution in [0.5, 0.6) is 5.75 Å². The molecule has 5 rings (SSSR count). The molecule has 180 valence electrons. The number of likely N-dealkylation sites (tertiary alicyclic amines) is 1. The lowest BCUT2D eigenvalue weighted by Crippen LogP contribution is -2.40. The molecule has 0 radical (unpaired) electrons. The van der Waals surface area contributed by atoms with Gasteiger partial charge in [0.25, 0.3) is 5.91 Å². The van der Waals surface area contributed by atoms with Crippen LogP contribution in [0.3, 0.4) is 0 Å². The molecule has 2 bridgehead atoms. The van der Waals surface area contributed by atoms with E-state index in [1.807, 2.05) is 16.7 Å². The summed E-state index contributed by atoms with van der Waals surface area (Å²) in [7, 11) is 0. The van der Waals surface area contributed by atoms with Crippen molar-refractivity contribution in [2.45, 2.75) is 63.2 Å². The van der Waals surface area contributed by atoms with Crippen molar-refractivity contribution in [3.63, 3.8) is 0 Å². The number of nitrogens with zero attached hydrogens (tertiary/aromatic N) is 2. The molecule has 33 heavy (non-hydrogen) atoms. The van der Waals surface area contributed by atoms with E-state index in [2.05, 4.69) is 19.2 Å². The molecule has 1 amide bonds. The van der Waals surface area contributed by atoms with Crippen molar-refractivity contribution in [2.75, 3.05) is 26.4 Å².